The maximum absolute atomic E-state index is 11.6. The van der Waals surface area contributed by atoms with Crippen molar-refractivity contribution in [3.63, 3.8) is 0 Å². The van der Waals surface area contributed by atoms with Gasteiger partial charge in [-0.2, -0.15) is 4.98 Å². The predicted octanol–water partition coefficient (Wildman–Crippen LogP) is 3.28. The average molecular weight is 288 g/mol. The van der Waals surface area contributed by atoms with E-state index in [9.17, 15) is 4.79 Å². The fourth-order valence-corrected chi connectivity index (χ4v) is 2.25. The van der Waals surface area contributed by atoms with Crippen LogP contribution >= 0.6 is 0 Å². The van der Waals surface area contributed by atoms with Crippen molar-refractivity contribution in [2.45, 2.75) is 39.2 Å². The Labute approximate surface area is 124 Å². The lowest BCUT2D eigenvalue weighted by molar-refractivity contribution is -0.119. The summed E-state index contributed by atoms with van der Waals surface area (Å²) in [6.45, 7) is 5.91. The molecule has 1 aromatic carbocycles. The molecule has 5 heteroatoms. The van der Waals surface area contributed by atoms with E-state index >= 15 is 0 Å². The zero-order chi connectivity index (χ0) is 15.2. The van der Waals surface area contributed by atoms with Crippen molar-refractivity contribution >= 4 is 5.78 Å². The van der Waals surface area contributed by atoms with Gasteiger partial charge in [0.1, 0.15) is 11.9 Å². The molecule has 0 aliphatic rings. The van der Waals surface area contributed by atoms with Gasteiger partial charge in [-0.1, -0.05) is 42.4 Å². The predicted molar refractivity (Wildman–Crippen MR) is 77.9 cm³/mol. The minimum Gasteiger partial charge on any atom is -0.366 e. The molecule has 0 saturated heterocycles. The molecule has 21 heavy (non-hydrogen) atoms. The number of hydrogen-bond acceptors (Lipinski definition) is 5. The summed E-state index contributed by atoms with van der Waals surface area (Å²) < 4.78 is 11.0. The van der Waals surface area contributed by atoms with Crippen molar-refractivity contribution in [1.29, 1.82) is 0 Å². The van der Waals surface area contributed by atoms with Crippen LogP contribution in [-0.4, -0.2) is 22.5 Å². The molecule has 0 bridgehead atoms. The lowest BCUT2D eigenvalue weighted by Crippen LogP contribution is -2.10. The summed E-state index contributed by atoms with van der Waals surface area (Å²) in [4.78, 5) is 16.0. The van der Waals surface area contributed by atoms with Gasteiger partial charge in [0.05, 0.1) is 5.92 Å². The van der Waals surface area contributed by atoms with Crippen LogP contribution in [0.15, 0.2) is 34.9 Å². The first-order valence-electron chi connectivity index (χ1n) is 7.17. The van der Waals surface area contributed by atoms with Crippen molar-refractivity contribution in [3.8, 4) is 0 Å². The number of hydrogen-bond donors (Lipinski definition) is 0. The number of ketones is 1. The first kappa shape index (κ1) is 15.4. The number of carbonyl (C=O) groups excluding carboxylic acids is 1. The molecule has 2 unspecified atom stereocenters. The third kappa shape index (κ3) is 3.55. The van der Waals surface area contributed by atoms with Crippen LogP contribution in [0.3, 0.4) is 0 Å². The lowest BCUT2D eigenvalue weighted by atomic mass is 10.0. The molecule has 0 amide bonds. The van der Waals surface area contributed by atoms with Gasteiger partial charge in [-0.3, -0.25) is 4.79 Å². The molecule has 5 nitrogen and oxygen atoms in total. The smallest absolute Gasteiger partial charge is 0.237 e. The summed E-state index contributed by atoms with van der Waals surface area (Å²) in [6.07, 6.45) is 0.264. The molecule has 2 aromatic rings. The molecule has 2 rings (SSSR count). The van der Waals surface area contributed by atoms with Crippen molar-refractivity contribution in [1.82, 2.24) is 10.1 Å². The highest BCUT2D eigenvalue weighted by molar-refractivity contribution is 5.82. The molecule has 0 aliphatic heterocycles. The minimum atomic E-state index is -0.377. The van der Waals surface area contributed by atoms with E-state index in [-0.39, 0.29) is 17.8 Å². The topological polar surface area (TPSA) is 65.2 Å². The number of aromatic nitrogens is 2. The van der Waals surface area contributed by atoms with Gasteiger partial charge in [0, 0.05) is 6.61 Å². The first-order valence-corrected chi connectivity index (χ1v) is 7.17. The van der Waals surface area contributed by atoms with Gasteiger partial charge in [0.25, 0.3) is 0 Å². The Morgan fingerprint density at radius 3 is 2.57 bits per heavy atom. The molecular weight excluding hydrogens is 268 g/mol. The van der Waals surface area contributed by atoms with Gasteiger partial charge >= 0.3 is 0 Å². The number of Topliss-reactive ketones (excluding diaryl/α,β-unsaturated/α-hetero) is 1. The third-order valence-corrected chi connectivity index (χ3v) is 3.32. The molecule has 0 aliphatic carbocycles. The summed E-state index contributed by atoms with van der Waals surface area (Å²) in [6, 6.07) is 9.73. The quantitative estimate of drug-likeness (QED) is 0.782. The Morgan fingerprint density at radius 1 is 1.29 bits per heavy atom. The van der Waals surface area contributed by atoms with Crippen molar-refractivity contribution in [2.75, 3.05) is 6.61 Å². The summed E-state index contributed by atoms with van der Waals surface area (Å²) in [5.41, 5.74) is 0.961. The standard InChI is InChI=1S/C16H20N2O3/c1-4-13(11(3)19)16-17-15(18-21-16)14(20-5-2)12-9-7-6-8-10-12/h6-10,13-14H,4-5H2,1-3H3. The summed E-state index contributed by atoms with van der Waals surface area (Å²) in [7, 11) is 0. The molecular formula is C16H20N2O3. The SMILES string of the molecule is CCOC(c1ccccc1)c1noc(C(CC)C(C)=O)n1. The highest BCUT2D eigenvalue weighted by Crippen LogP contribution is 2.26. The van der Waals surface area contributed by atoms with Crippen LogP contribution in [0.1, 0.15) is 56.5 Å². The van der Waals surface area contributed by atoms with Gasteiger partial charge < -0.3 is 9.26 Å². The van der Waals surface area contributed by atoms with Crippen LogP contribution in [0.25, 0.3) is 0 Å². The molecule has 1 aromatic heterocycles. The first-order chi connectivity index (χ1) is 10.2. The fraction of sp³-hybridized carbons (Fsp3) is 0.438. The molecule has 112 valence electrons. The van der Waals surface area contributed by atoms with E-state index < -0.39 is 0 Å². The molecule has 0 N–H and O–H groups in total. The van der Waals surface area contributed by atoms with E-state index in [0.29, 0.717) is 24.7 Å². The Bertz CT molecular complexity index is 580. The van der Waals surface area contributed by atoms with Gasteiger partial charge in [-0.05, 0) is 25.8 Å². The zero-order valence-corrected chi connectivity index (χ0v) is 12.6. The van der Waals surface area contributed by atoms with Crippen molar-refractivity contribution in [2.24, 2.45) is 0 Å². The van der Waals surface area contributed by atoms with Crippen LogP contribution < -0.4 is 0 Å². The van der Waals surface area contributed by atoms with Crippen LogP contribution in [0.2, 0.25) is 0 Å². The summed E-state index contributed by atoms with van der Waals surface area (Å²) in [5, 5.41) is 4.00. The number of rotatable bonds is 7. The summed E-state index contributed by atoms with van der Waals surface area (Å²) >= 11 is 0. The highest BCUT2D eigenvalue weighted by atomic mass is 16.5. The highest BCUT2D eigenvalue weighted by Gasteiger charge is 2.25. The number of ether oxygens (including phenoxy) is 1. The second-order valence-electron chi connectivity index (χ2n) is 4.81. The Balaban J connectivity index is 2.30. The van der Waals surface area contributed by atoms with Crippen LogP contribution in [0.4, 0.5) is 0 Å². The van der Waals surface area contributed by atoms with Crippen LogP contribution in [0.5, 0.6) is 0 Å². The van der Waals surface area contributed by atoms with Gasteiger partial charge in [-0.25, -0.2) is 0 Å². The number of carbonyl (C=O) groups is 1. The second-order valence-corrected chi connectivity index (χ2v) is 4.81. The molecule has 0 fully saturated rings. The van der Waals surface area contributed by atoms with E-state index in [2.05, 4.69) is 10.1 Å². The Kier molecular flexibility index (Phi) is 5.22. The molecule has 1 heterocycles. The van der Waals surface area contributed by atoms with E-state index in [1.54, 1.807) is 0 Å². The second kappa shape index (κ2) is 7.13. The molecule has 0 spiro atoms. The van der Waals surface area contributed by atoms with E-state index in [4.69, 9.17) is 9.26 Å². The summed E-state index contributed by atoms with van der Waals surface area (Å²) in [5.74, 6) is 0.503. The average Bonchev–Trinajstić information content (AvgIpc) is 2.95. The zero-order valence-electron chi connectivity index (χ0n) is 12.6. The van der Waals surface area contributed by atoms with Gasteiger partial charge in [-0.15, -0.1) is 0 Å². The monoisotopic (exact) mass is 288 g/mol. The Hall–Kier alpha value is -2.01. The number of benzene rings is 1. The van der Waals surface area contributed by atoms with Crippen LogP contribution in [-0.2, 0) is 9.53 Å². The largest absolute Gasteiger partial charge is 0.366 e. The maximum atomic E-state index is 11.6. The fourth-order valence-electron chi connectivity index (χ4n) is 2.25. The van der Waals surface area contributed by atoms with E-state index in [0.717, 1.165) is 5.56 Å². The van der Waals surface area contributed by atoms with Crippen molar-refractivity contribution in [3.05, 3.63) is 47.6 Å². The van der Waals surface area contributed by atoms with Gasteiger partial charge in [0.15, 0.2) is 0 Å². The molecule has 0 saturated carbocycles. The van der Waals surface area contributed by atoms with E-state index in [1.807, 2.05) is 44.2 Å². The van der Waals surface area contributed by atoms with Gasteiger partial charge in [0.2, 0.25) is 11.7 Å². The minimum absolute atomic E-state index is 0.0281. The normalized spacial score (nSPS) is 13.9. The van der Waals surface area contributed by atoms with Crippen LogP contribution in [0, 0.1) is 0 Å². The van der Waals surface area contributed by atoms with E-state index in [1.165, 1.54) is 6.92 Å². The van der Waals surface area contributed by atoms with Crippen molar-refractivity contribution < 1.29 is 14.1 Å². The number of nitrogens with zero attached hydrogens (tertiary/aromatic N) is 2. The third-order valence-electron chi connectivity index (χ3n) is 3.32. The molecule has 0 radical (unpaired) electrons. The maximum Gasteiger partial charge on any atom is 0.237 e. The lowest BCUT2D eigenvalue weighted by Gasteiger charge is -2.13. The molecule has 2 atom stereocenters. The Morgan fingerprint density at radius 2 is 2.00 bits per heavy atom.